The summed E-state index contributed by atoms with van der Waals surface area (Å²) < 4.78 is 0. The molecule has 2 unspecified atom stereocenters. The molecule has 1 aromatic carbocycles. The van der Waals surface area contributed by atoms with Gasteiger partial charge in [-0.15, -0.1) is 0 Å². The standard InChI is InChI=1S/C19H32N4O5/c20-12-5-6-14(13(9-12)19(21)28)22-7-3-1-2-4-8-23-10-16(25)18(27)17(26)15(23)11-24/h5-6,9,15-18,22,24-27H,1-4,7-8,10-11,20H2,(H2,21,28)/t15?,16-,17+,18?/m0/s1. The molecule has 1 amide bonds. The highest BCUT2D eigenvalue weighted by Gasteiger charge is 2.40. The zero-order valence-electron chi connectivity index (χ0n) is 16.0. The van der Waals surface area contributed by atoms with Crippen LogP contribution < -0.4 is 16.8 Å². The molecule has 0 radical (unpaired) electrons. The number of aliphatic hydroxyl groups is 4. The van der Waals surface area contributed by atoms with Crippen LogP contribution in [0.2, 0.25) is 0 Å². The van der Waals surface area contributed by atoms with E-state index in [0.717, 1.165) is 25.7 Å². The summed E-state index contributed by atoms with van der Waals surface area (Å²) in [5.41, 5.74) is 12.6. The number of amides is 1. The minimum atomic E-state index is -1.22. The Morgan fingerprint density at radius 2 is 1.86 bits per heavy atom. The topological polar surface area (TPSA) is 165 Å². The minimum Gasteiger partial charge on any atom is -0.399 e. The Kier molecular flexibility index (Phi) is 8.46. The molecule has 1 aromatic rings. The number of nitrogens with one attached hydrogen (secondary N) is 1. The number of piperidine rings is 1. The number of carbonyl (C=O) groups is 1. The van der Waals surface area contributed by atoms with Crippen LogP contribution in [0.25, 0.3) is 0 Å². The molecule has 9 heteroatoms. The predicted molar refractivity (Wildman–Crippen MR) is 107 cm³/mol. The second-order valence-corrected chi connectivity index (χ2v) is 7.30. The SMILES string of the molecule is NC(=O)c1cc(N)ccc1NCCCCCCN1C[C@H](O)C(O)[C@H](O)C1CO. The van der Waals surface area contributed by atoms with E-state index in [2.05, 4.69) is 5.32 Å². The van der Waals surface area contributed by atoms with Crippen LogP contribution in [0.5, 0.6) is 0 Å². The number of rotatable bonds is 10. The van der Waals surface area contributed by atoms with Crippen LogP contribution in [0.15, 0.2) is 18.2 Å². The van der Waals surface area contributed by atoms with Gasteiger partial charge in [0.15, 0.2) is 0 Å². The molecule has 28 heavy (non-hydrogen) atoms. The first-order chi connectivity index (χ1) is 13.3. The van der Waals surface area contributed by atoms with Crippen molar-refractivity contribution in [3.63, 3.8) is 0 Å². The number of carbonyl (C=O) groups excluding carboxylic acids is 1. The van der Waals surface area contributed by atoms with Crippen molar-refractivity contribution in [2.45, 2.75) is 50.0 Å². The third-order valence-corrected chi connectivity index (χ3v) is 5.21. The fraction of sp³-hybridized carbons (Fsp3) is 0.632. The molecule has 4 atom stereocenters. The Hall–Kier alpha value is -1.91. The lowest BCUT2D eigenvalue weighted by molar-refractivity contribution is -0.145. The summed E-state index contributed by atoms with van der Waals surface area (Å²) in [6.45, 7) is 1.29. The van der Waals surface area contributed by atoms with E-state index in [1.165, 1.54) is 0 Å². The number of unbranched alkanes of at least 4 members (excludes halogenated alkanes) is 3. The molecule has 0 aromatic heterocycles. The Morgan fingerprint density at radius 1 is 1.14 bits per heavy atom. The molecule has 0 bridgehead atoms. The Morgan fingerprint density at radius 3 is 2.54 bits per heavy atom. The zero-order chi connectivity index (χ0) is 20.7. The summed E-state index contributed by atoms with van der Waals surface area (Å²) in [7, 11) is 0. The van der Waals surface area contributed by atoms with E-state index in [9.17, 15) is 25.2 Å². The van der Waals surface area contributed by atoms with E-state index in [1.807, 2.05) is 4.90 Å². The van der Waals surface area contributed by atoms with Crippen molar-refractivity contribution in [1.82, 2.24) is 4.90 Å². The lowest BCUT2D eigenvalue weighted by Gasteiger charge is -2.43. The summed E-state index contributed by atoms with van der Waals surface area (Å²) in [4.78, 5) is 13.3. The molecule has 1 aliphatic rings. The second-order valence-electron chi connectivity index (χ2n) is 7.30. The van der Waals surface area contributed by atoms with E-state index >= 15 is 0 Å². The number of anilines is 2. The highest BCUT2D eigenvalue weighted by molar-refractivity contribution is 5.99. The van der Waals surface area contributed by atoms with Gasteiger partial charge in [-0.05, 0) is 37.6 Å². The number of likely N-dealkylation sites (tertiary alicyclic amines) is 1. The molecule has 9 N–H and O–H groups in total. The highest BCUT2D eigenvalue weighted by Crippen LogP contribution is 2.20. The third kappa shape index (κ3) is 5.79. The molecule has 0 aliphatic carbocycles. The van der Waals surface area contributed by atoms with Crippen molar-refractivity contribution < 1.29 is 25.2 Å². The summed E-state index contributed by atoms with van der Waals surface area (Å²) in [5, 5.41) is 42.2. The van der Waals surface area contributed by atoms with Crippen LogP contribution in [-0.2, 0) is 0 Å². The van der Waals surface area contributed by atoms with Crippen molar-refractivity contribution in [3.8, 4) is 0 Å². The Labute approximate surface area is 164 Å². The van der Waals surface area contributed by atoms with Crippen LogP contribution >= 0.6 is 0 Å². The molecule has 1 fully saturated rings. The van der Waals surface area contributed by atoms with Gasteiger partial charge in [-0.2, -0.15) is 0 Å². The van der Waals surface area contributed by atoms with Crippen molar-refractivity contribution in [3.05, 3.63) is 23.8 Å². The molecule has 1 heterocycles. The van der Waals surface area contributed by atoms with Gasteiger partial charge in [0.25, 0.3) is 5.91 Å². The van der Waals surface area contributed by atoms with Crippen molar-refractivity contribution in [2.75, 3.05) is 37.3 Å². The maximum Gasteiger partial charge on any atom is 0.250 e. The highest BCUT2D eigenvalue weighted by atomic mass is 16.4. The van der Waals surface area contributed by atoms with Gasteiger partial charge in [0.2, 0.25) is 0 Å². The summed E-state index contributed by atoms with van der Waals surface area (Å²) in [6.07, 6.45) is 0.252. The van der Waals surface area contributed by atoms with Crippen LogP contribution in [-0.4, -0.2) is 81.8 Å². The molecule has 9 nitrogen and oxygen atoms in total. The molecule has 0 spiro atoms. The number of primary amides is 1. The maximum atomic E-state index is 11.5. The first-order valence-electron chi connectivity index (χ1n) is 9.67. The van der Waals surface area contributed by atoms with Crippen LogP contribution in [0, 0.1) is 0 Å². The summed E-state index contributed by atoms with van der Waals surface area (Å²) in [5.74, 6) is -0.524. The summed E-state index contributed by atoms with van der Waals surface area (Å²) in [6, 6.07) is 4.45. The lowest BCUT2D eigenvalue weighted by atomic mass is 9.94. The molecule has 1 saturated heterocycles. The average Bonchev–Trinajstić information content (AvgIpc) is 2.66. The molecular weight excluding hydrogens is 364 g/mol. The maximum absolute atomic E-state index is 11.5. The van der Waals surface area contributed by atoms with Gasteiger partial charge in [0.05, 0.1) is 24.3 Å². The largest absolute Gasteiger partial charge is 0.399 e. The fourth-order valence-electron chi connectivity index (χ4n) is 3.57. The average molecular weight is 396 g/mol. The van der Waals surface area contributed by atoms with Gasteiger partial charge in [-0.3, -0.25) is 9.69 Å². The Balaban J connectivity index is 1.68. The molecular formula is C19H32N4O5. The molecule has 158 valence electrons. The fourth-order valence-corrected chi connectivity index (χ4v) is 3.57. The first kappa shape index (κ1) is 22.4. The minimum absolute atomic E-state index is 0.234. The van der Waals surface area contributed by atoms with Crippen molar-refractivity contribution in [1.29, 1.82) is 0 Å². The number of hydrogen-bond donors (Lipinski definition) is 7. The number of benzene rings is 1. The zero-order valence-corrected chi connectivity index (χ0v) is 16.0. The van der Waals surface area contributed by atoms with Crippen LogP contribution in [0.4, 0.5) is 11.4 Å². The third-order valence-electron chi connectivity index (χ3n) is 5.21. The van der Waals surface area contributed by atoms with Crippen molar-refractivity contribution >= 4 is 17.3 Å². The molecule has 2 rings (SSSR count). The number of aliphatic hydroxyl groups excluding tert-OH is 4. The van der Waals surface area contributed by atoms with E-state index < -0.39 is 30.3 Å². The van der Waals surface area contributed by atoms with E-state index in [-0.39, 0.29) is 13.2 Å². The first-order valence-corrected chi connectivity index (χ1v) is 9.67. The molecule has 1 aliphatic heterocycles. The van der Waals surface area contributed by atoms with Gasteiger partial charge in [0, 0.05) is 24.5 Å². The van der Waals surface area contributed by atoms with E-state index in [1.54, 1.807) is 18.2 Å². The molecule has 0 saturated carbocycles. The second kappa shape index (κ2) is 10.6. The van der Waals surface area contributed by atoms with Crippen molar-refractivity contribution in [2.24, 2.45) is 5.73 Å². The lowest BCUT2D eigenvalue weighted by Crippen LogP contribution is -2.62. The van der Waals surface area contributed by atoms with E-state index in [0.29, 0.717) is 30.0 Å². The summed E-state index contributed by atoms with van der Waals surface area (Å²) >= 11 is 0. The number of nitrogens with two attached hydrogens (primary N) is 2. The number of nitrogens with zero attached hydrogens (tertiary/aromatic N) is 1. The van der Waals surface area contributed by atoms with Gasteiger partial charge in [0.1, 0.15) is 12.2 Å². The monoisotopic (exact) mass is 396 g/mol. The number of β-amino-alcohol motifs (C(OH)–C–C–N with tert-alkyl or cyclic N) is 1. The van der Waals surface area contributed by atoms with Gasteiger partial charge in [-0.25, -0.2) is 0 Å². The normalized spacial score (nSPS) is 25.6. The van der Waals surface area contributed by atoms with E-state index in [4.69, 9.17) is 11.5 Å². The van der Waals surface area contributed by atoms with Gasteiger partial charge < -0.3 is 37.2 Å². The predicted octanol–water partition coefficient (Wildman–Crippen LogP) is -0.901. The number of nitrogen functional groups attached to an aromatic ring is 1. The number of hydrogen-bond acceptors (Lipinski definition) is 8. The Bertz CT molecular complexity index is 645. The van der Waals surface area contributed by atoms with Gasteiger partial charge in [-0.1, -0.05) is 12.8 Å². The van der Waals surface area contributed by atoms with Gasteiger partial charge >= 0.3 is 0 Å². The smallest absolute Gasteiger partial charge is 0.250 e. The van der Waals surface area contributed by atoms with Crippen LogP contribution in [0.3, 0.4) is 0 Å². The van der Waals surface area contributed by atoms with Crippen LogP contribution in [0.1, 0.15) is 36.0 Å². The quantitative estimate of drug-likeness (QED) is 0.197.